The summed E-state index contributed by atoms with van der Waals surface area (Å²) in [5.74, 6) is 0.738. The van der Waals surface area contributed by atoms with E-state index in [9.17, 15) is 0 Å². The maximum Gasteiger partial charge on any atom is 0.0226 e. The minimum Gasteiger partial charge on any atom is -0.143 e. The fourth-order valence-electron chi connectivity index (χ4n) is 1.14. The van der Waals surface area contributed by atoms with E-state index < -0.39 is 0 Å². The summed E-state index contributed by atoms with van der Waals surface area (Å²) in [6.45, 7) is 2.08. The monoisotopic (exact) mass is 200 g/mol. The van der Waals surface area contributed by atoms with Crippen molar-refractivity contribution in [3.63, 3.8) is 0 Å². The Morgan fingerprint density at radius 3 is 2.75 bits per heavy atom. The van der Waals surface area contributed by atoms with Crippen molar-refractivity contribution < 1.29 is 0 Å². The van der Waals surface area contributed by atoms with Crippen LogP contribution in [0.3, 0.4) is 0 Å². The molecule has 0 heterocycles. The Balaban J connectivity index is 2.69. The van der Waals surface area contributed by atoms with E-state index in [4.69, 9.17) is 11.6 Å². The summed E-state index contributed by atoms with van der Waals surface area (Å²) >= 11 is 9.92. The highest BCUT2D eigenvalue weighted by Gasteiger charge is 1.95. The fourth-order valence-corrected chi connectivity index (χ4v) is 1.42. The molecule has 0 aliphatic rings. The molecule has 0 N–H and O–H groups in total. The molecular formula is C10H13ClS. The van der Waals surface area contributed by atoms with Crippen LogP contribution in [0.15, 0.2) is 23.1 Å². The fraction of sp³-hybridized carbons (Fsp3) is 0.400. The Kier molecular flexibility index (Phi) is 3.96. The predicted octanol–water partition coefficient (Wildman–Crippen LogP) is 3.46. The van der Waals surface area contributed by atoms with E-state index in [1.54, 1.807) is 0 Å². The first kappa shape index (κ1) is 9.94. The van der Waals surface area contributed by atoms with Crippen LogP contribution in [0.5, 0.6) is 0 Å². The molecule has 1 aromatic rings. The van der Waals surface area contributed by atoms with Gasteiger partial charge in [-0.05, 0) is 37.0 Å². The molecule has 0 nitrogen and oxygen atoms in total. The summed E-state index contributed by atoms with van der Waals surface area (Å²) in [5, 5.41) is 0. The highest BCUT2D eigenvalue weighted by Crippen LogP contribution is 2.15. The van der Waals surface area contributed by atoms with Crippen LogP contribution in [0.4, 0.5) is 0 Å². The van der Waals surface area contributed by atoms with Crippen molar-refractivity contribution in [1.29, 1.82) is 0 Å². The normalized spacial score (nSPS) is 10.2. The lowest BCUT2D eigenvalue weighted by atomic mass is 10.1. The van der Waals surface area contributed by atoms with Gasteiger partial charge in [-0.15, -0.1) is 24.2 Å². The van der Waals surface area contributed by atoms with Gasteiger partial charge in [0.05, 0.1) is 0 Å². The molecule has 66 valence electrons. The third kappa shape index (κ3) is 2.72. The van der Waals surface area contributed by atoms with Gasteiger partial charge in [-0.3, -0.25) is 0 Å². The Morgan fingerprint density at radius 1 is 1.42 bits per heavy atom. The number of thiol groups is 1. The van der Waals surface area contributed by atoms with E-state index in [1.165, 1.54) is 11.1 Å². The van der Waals surface area contributed by atoms with Crippen molar-refractivity contribution in [2.24, 2.45) is 0 Å². The predicted molar refractivity (Wildman–Crippen MR) is 57.5 cm³/mol. The lowest BCUT2D eigenvalue weighted by molar-refractivity contribution is 0.924. The Morgan fingerprint density at radius 2 is 2.17 bits per heavy atom. The number of benzene rings is 1. The first-order valence-electron chi connectivity index (χ1n) is 4.08. The minimum absolute atomic E-state index is 0.738. The van der Waals surface area contributed by atoms with Crippen LogP contribution in [0, 0.1) is 6.92 Å². The number of alkyl halides is 1. The average molecular weight is 201 g/mol. The molecule has 0 atom stereocenters. The van der Waals surface area contributed by atoms with Gasteiger partial charge < -0.3 is 0 Å². The van der Waals surface area contributed by atoms with Crippen LogP contribution in [0.25, 0.3) is 0 Å². The van der Waals surface area contributed by atoms with Crippen molar-refractivity contribution in [3.8, 4) is 0 Å². The van der Waals surface area contributed by atoms with E-state index in [0.29, 0.717) is 0 Å². The second-order valence-electron chi connectivity index (χ2n) is 2.91. The topological polar surface area (TPSA) is 0 Å². The van der Waals surface area contributed by atoms with Crippen LogP contribution in [0.2, 0.25) is 0 Å². The first-order valence-corrected chi connectivity index (χ1v) is 5.06. The average Bonchev–Trinajstić information content (AvgIpc) is 2.07. The van der Waals surface area contributed by atoms with E-state index in [1.807, 2.05) is 6.07 Å². The molecule has 12 heavy (non-hydrogen) atoms. The molecule has 0 aliphatic carbocycles. The highest BCUT2D eigenvalue weighted by atomic mass is 35.5. The standard InChI is InChI=1S/C10H13ClS/c1-8-7-9(3-2-6-11)4-5-10(8)12/h4-5,7,12H,2-3,6H2,1H3. The quantitative estimate of drug-likeness (QED) is 0.561. The van der Waals surface area contributed by atoms with Gasteiger partial charge in [0.15, 0.2) is 0 Å². The van der Waals surface area contributed by atoms with Crippen molar-refractivity contribution in [3.05, 3.63) is 29.3 Å². The van der Waals surface area contributed by atoms with Crippen LogP contribution in [0.1, 0.15) is 17.5 Å². The summed E-state index contributed by atoms with van der Waals surface area (Å²) in [6, 6.07) is 6.33. The SMILES string of the molecule is Cc1cc(CCCCl)ccc1S. The molecule has 0 saturated carbocycles. The molecule has 0 radical (unpaired) electrons. The van der Waals surface area contributed by atoms with Crippen molar-refractivity contribution in [2.75, 3.05) is 5.88 Å². The third-order valence-corrected chi connectivity index (χ3v) is 2.63. The van der Waals surface area contributed by atoms with Crippen LogP contribution in [-0.2, 0) is 6.42 Å². The van der Waals surface area contributed by atoms with Gasteiger partial charge in [-0.1, -0.05) is 12.1 Å². The van der Waals surface area contributed by atoms with Gasteiger partial charge in [0.1, 0.15) is 0 Å². The summed E-state index contributed by atoms with van der Waals surface area (Å²) < 4.78 is 0. The van der Waals surface area contributed by atoms with Gasteiger partial charge in [0, 0.05) is 10.8 Å². The number of rotatable bonds is 3. The maximum atomic E-state index is 5.61. The summed E-state index contributed by atoms with van der Waals surface area (Å²) in [4.78, 5) is 1.06. The molecule has 1 aromatic carbocycles. The van der Waals surface area contributed by atoms with Gasteiger partial charge in [0.2, 0.25) is 0 Å². The number of aryl methyl sites for hydroxylation is 2. The van der Waals surface area contributed by atoms with Crippen LogP contribution >= 0.6 is 24.2 Å². The molecule has 0 aromatic heterocycles. The smallest absolute Gasteiger partial charge is 0.0226 e. The third-order valence-electron chi connectivity index (χ3n) is 1.86. The van der Waals surface area contributed by atoms with Crippen molar-refractivity contribution >= 4 is 24.2 Å². The molecule has 2 heteroatoms. The second-order valence-corrected chi connectivity index (χ2v) is 3.77. The Bertz CT molecular complexity index is 258. The van der Waals surface area contributed by atoms with Gasteiger partial charge >= 0.3 is 0 Å². The zero-order chi connectivity index (χ0) is 8.97. The zero-order valence-electron chi connectivity index (χ0n) is 7.18. The number of halogens is 1. The molecule has 0 spiro atoms. The Hall–Kier alpha value is -0.140. The van der Waals surface area contributed by atoms with E-state index in [2.05, 4.69) is 31.7 Å². The van der Waals surface area contributed by atoms with Crippen LogP contribution < -0.4 is 0 Å². The molecule has 0 unspecified atom stereocenters. The first-order chi connectivity index (χ1) is 5.74. The molecule has 0 amide bonds. The molecule has 0 saturated heterocycles. The van der Waals surface area contributed by atoms with Gasteiger partial charge in [0.25, 0.3) is 0 Å². The van der Waals surface area contributed by atoms with Gasteiger partial charge in [-0.25, -0.2) is 0 Å². The zero-order valence-corrected chi connectivity index (χ0v) is 8.83. The van der Waals surface area contributed by atoms with Gasteiger partial charge in [-0.2, -0.15) is 0 Å². The van der Waals surface area contributed by atoms with Crippen LogP contribution in [-0.4, -0.2) is 5.88 Å². The number of hydrogen-bond donors (Lipinski definition) is 1. The number of hydrogen-bond acceptors (Lipinski definition) is 1. The largest absolute Gasteiger partial charge is 0.143 e. The molecule has 0 aliphatic heterocycles. The molecule has 1 rings (SSSR count). The van der Waals surface area contributed by atoms with E-state index >= 15 is 0 Å². The molecule has 0 bridgehead atoms. The lowest BCUT2D eigenvalue weighted by Gasteiger charge is -2.02. The summed E-state index contributed by atoms with van der Waals surface area (Å²) in [6.07, 6.45) is 2.12. The molecular weight excluding hydrogens is 188 g/mol. The summed E-state index contributed by atoms with van der Waals surface area (Å²) in [7, 11) is 0. The lowest BCUT2D eigenvalue weighted by Crippen LogP contribution is -1.87. The maximum absolute atomic E-state index is 5.61. The minimum atomic E-state index is 0.738. The van der Waals surface area contributed by atoms with Crippen molar-refractivity contribution in [2.45, 2.75) is 24.7 Å². The second kappa shape index (κ2) is 4.78. The van der Waals surface area contributed by atoms with E-state index in [-0.39, 0.29) is 0 Å². The van der Waals surface area contributed by atoms with Crippen molar-refractivity contribution in [1.82, 2.24) is 0 Å². The highest BCUT2D eigenvalue weighted by molar-refractivity contribution is 7.80. The molecule has 0 fully saturated rings. The van der Waals surface area contributed by atoms with E-state index in [0.717, 1.165) is 23.6 Å². The Labute approximate surface area is 84.3 Å². The summed E-state index contributed by atoms with van der Waals surface area (Å²) in [5.41, 5.74) is 2.59.